The number of nitrogens with one attached hydrogen (secondary N) is 2. The van der Waals surface area contributed by atoms with Crippen LogP contribution < -0.4 is 10.6 Å². The van der Waals surface area contributed by atoms with Crippen LogP contribution in [0, 0.1) is 5.41 Å². The van der Waals surface area contributed by atoms with Gasteiger partial charge in [-0.05, 0) is 37.1 Å². The monoisotopic (exact) mass is 345 g/mol. The molecule has 2 aliphatic rings. The van der Waals surface area contributed by atoms with Crippen LogP contribution in [-0.4, -0.2) is 49.6 Å². The maximum atomic E-state index is 12.4. The Hall–Kier alpha value is -1.92. The van der Waals surface area contributed by atoms with Crippen LogP contribution in [0.1, 0.15) is 32.6 Å². The molecule has 6 nitrogen and oxygen atoms in total. The van der Waals surface area contributed by atoms with Crippen molar-refractivity contribution in [3.8, 4) is 0 Å². The Labute approximate surface area is 148 Å². The molecule has 25 heavy (non-hydrogen) atoms. The topological polar surface area (TPSA) is 70.7 Å². The standard InChI is InChI=1S/C19H27N3O3/c1-19(8-2-3-9-19)18(24)21-16-6-4-15(5-7-16)20-17(23)14-22-10-12-25-13-11-22/h4-7H,2-3,8-14H2,1H3,(H,20,23)(H,21,24). The van der Waals surface area contributed by atoms with E-state index in [0.717, 1.165) is 50.1 Å². The first kappa shape index (κ1) is 17.9. The smallest absolute Gasteiger partial charge is 0.238 e. The second kappa shape index (κ2) is 7.97. The average molecular weight is 345 g/mol. The van der Waals surface area contributed by atoms with E-state index in [2.05, 4.69) is 15.5 Å². The summed E-state index contributed by atoms with van der Waals surface area (Å²) in [6.45, 7) is 5.35. The van der Waals surface area contributed by atoms with E-state index in [-0.39, 0.29) is 17.2 Å². The van der Waals surface area contributed by atoms with Gasteiger partial charge in [0.25, 0.3) is 0 Å². The minimum Gasteiger partial charge on any atom is -0.379 e. The molecule has 0 unspecified atom stereocenters. The lowest BCUT2D eigenvalue weighted by atomic mass is 9.88. The molecule has 1 saturated heterocycles. The molecule has 2 N–H and O–H groups in total. The van der Waals surface area contributed by atoms with Gasteiger partial charge in [0.1, 0.15) is 0 Å². The third-order valence-corrected chi connectivity index (χ3v) is 5.15. The molecule has 1 aromatic rings. The predicted molar refractivity (Wildman–Crippen MR) is 97.5 cm³/mol. The van der Waals surface area contributed by atoms with Crippen LogP contribution in [0.15, 0.2) is 24.3 Å². The van der Waals surface area contributed by atoms with Gasteiger partial charge in [-0.15, -0.1) is 0 Å². The van der Waals surface area contributed by atoms with Gasteiger partial charge in [-0.25, -0.2) is 0 Å². The van der Waals surface area contributed by atoms with Crippen molar-refractivity contribution in [2.75, 3.05) is 43.5 Å². The zero-order valence-electron chi connectivity index (χ0n) is 14.8. The summed E-state index contributed by atoms with van der Waals surface area (Å²) in [6.07, 6.45) is 4.15. The molecule has 0 atom stereocenters. The summed E-state index contributed by atoms with van der Waals surface area (Å²) in [4.78, 5) is 26.6. The zero-order valence-corrected chi connectivity index (χ0v) is 14.8. The van der Waals surface area contributed by atoms with Crippen LogP contribution >= 0.6 is 0 Å². The maximum Gasteiger partial charge on any atom is 0.238 e. The van der Waals surface area contributed by atoms with Gasteiger partial charge in [-0.3, -0.25) is 14.5 Å². The molecule has 1 heterocycles. The minimum atomic E-state index is -0.245. The van der Waals surface area contributed by atoms with Crippen molar-refractivity contribution in [2.24, 2.45) is 5.41 Å². The Morgan fingerprint density at radius 2 is 1.60 bits per heavy atom. The second-order valence-electron chi connectivity index (χ2n) is 7.24. The van der Waals surface area contributed by atoms with Crippen molar-refractivity contribution >= 4 is 23.2 Å². The predicted octanol–water partition coefficient (Wildman–Crippen LogP) is 2.48. The number of rotatable bonds is 5. The van der Waals surface area contributed by atoms with E-state index in [1.807, 2.05) is 31.2 Å². The molecule has 136 valence electrons. The lowest BCUT2D eigenvalue weighted by molar-refractivity contribution is -0.124. The Morgan fingerprint density at radius 3 is 2.20 bits per heavy atom. The second-order valence-corrected chi connectivity index (χ2v) is 7.24. The third-order valence-electron chi connectivity index (χ3n) is 5.15. The van der Waals surface area contributed by atoms with Gasteiger partial charge in [-0.1, -0.05) is 19.8 Å². The molecule has 1 saturated carbocycles. The fourth-order valence-corrected chi connectivity index (χ4v) is 3.46. The van der Waals surface area contributed by atoms with Gasteiger partial charge in [0.15, 0.2) is 0 Å². The molecule has 3 rings (SSSR count). The van der Waals surface area contributed by atoms with Crippen LogP contribution in [-0.2, 0) is 14.3 Å². The normalized spacial score (nSPS) is 20.2. The number of anilines is 2. The highest BCUT2D eigenvalue weighted by molar-refractivity contribution is 5.96. The molecular formula is C19H27N3O3. The summed E-state index contributed by atoms with van der Waals surface area (Å²) in [5.74, 6) is 0.0613. The van der Waals surface area contributed by atoms with Crippen molar-refractivity contribution in [3.05, 3.63) is 24.3 Å². The quantitative estimate of drug-likeness (QED) is 0.860. The van der Waals surface area contributed by atoms with E-state index in [4.69, 9.17) is 4.74 Å². The van der Waals surface area contributed by atoms with Gasteiger partial charge in [0.05, 0.1) is 19.8 Å². The fourth-order valence-electron chi connectivity index (χ4n) is 3.46. The molecular weight excluding hydrogens is 318 g/mol. The largest absolute Gasteiger partial charge is 0.379 e. The first-order chi connectivity index (χ1) is 12.0. The highest BCUT2D eigenvalue weighted by atomic mass is 16.5. The highest BCUT2D eigenvalue weighted by Gasteiger charge is 2.36. The van der Waals surface area contributed by atoms with Gasteiger partial charge >= 0.3 is 0 Å². The molecule has 0 bridgehead atoms. The number of hydrogen-bond acceptors (Lipinski definition) is 4. The number of morpholine rings is 1. The highest BCUT2D eigenvalue weighted by Crippen LogP contribution is 2.38. The average Bonchev–Trinajstić information content (AvgIpc) is 3.05. The van der Waals surface area contributed by atoms with E-state index < -0.39 is 0 Å². The van der Waals surface area contributed by atoms with E-state index in [1.165, 1.54) is 0 Å². The molecule has 1 aliphatic carbocycles. The van der Waals surface area contributed by atoms with Crippen molar-refractivity contribution in [1.29, 1.82) is 0 Å². The molecule has 2 amide bonds. The van der Waals surface area contributed by atoms with E-state index in [1.54, 1.807) is 0 Å². The summed E-state index contributed by atoms with van der Waals surface area (Å²) >= 11 is 0. The number of hydrogen-bond donors (Lipinski definition) is 2. The summed E-state index contributed by atoms with van der Waals surface area (Å²) < 4.78 is 5.28. The van der Waals surface area contributed by atoms with Gasteiger partial charge in [0, 0.05) is 29.9 Å². The number of nitrogens with zero attached hydrogens (tertiary/aromatic N) is 1. The Balaban J connectivity index is 1.49. The first-order valence-electron chi connectivity index (χ1n) is 9.07. The van der Waals surface area contributed by atoms with E-state index in [9.17, 15) is 9.59 Å². The number of carbonyl (C=O) groups excluding carboxylic acids is 2. The lowest BCUT2D eigenvalue weighted by Gasteiger charge is -2.25. The molecule has 6 heteroatoms. The van der Waals surface area contributed by atoms with Crippen molar-refractivity contribution < 1.29 is 14.3 Å². The zero-order chi connectivity index (χ0) is 17.7. The van der Waals surface area contributed by atoms with Crippen molar-refractivity contribution in [2.45, 2.75) is 32.6 Å². The van der Waals surface area contributed by atoms with E-state index >= 15 is 0 Å². The van der Waals surface area contributed by atoms with Crippen LogP contribution in [0.3, 0.4) is 0 Å². The van der Waals surface area contributed by atoms with Crippen LogP contribution in [0.25, 0.3) is 0 Å². The molecule has 0 radical (unpaired) electrons. The molecule has 2 fully saturated rings. The lowest BCUT2D eigenvalue weighted by Crippen LogP contribution is -2.41. The Kier molecular flexibility index (Phi) is 5.71. The minimum absolute atomic E-state index is 0.0304. The summed E-state index contributed by atoms with van der Waals surface area (Å²) in [5, 5.41) is 5.90. The van der Waals surface area contributed by atoms with Crippen LogP contribution in [0.4, 0.5) is 11.4 Å². The fraction of sp³-hybridized carbons (Fsp3) is 0.579. The van der Waals surface area contributed by atoms with Gasteiger partial charge in [-0.2, -0.15) is 0 Å². The number of amides is 2. The molecule has 1 aromatic carbocycles. The molecule has 0 aromatic heterocycles. The number of carbonyl (C=O) groups is 2. The number of benzene rings is 1. The van der Waals surface area contributed by atoms with Gasteiger partial charge < -0.3 is 15.4 Å². The van der Waals surface area contributed by atoms with Crippen molar-refractivity contribution in [3.63, 3.8) is 0 Å². The summed E-state index contributed by atoms with van der Waals surface area (Å²) in [7, 11) is 0. The van der Waals surface area contributed by atoms with E-state index in [0.29, 0.717) is 19.8 Å². The third kappa shape index (κ3) is 4.80. The summed E-state index contributed by atoms with van der Waals surface area (Å²) in [5.41, 5.74) is 1.26. The Bertz CT molecular complexity index is 603. The Morgan fingerprint density at radius 1 is 1.04 bits per heavy atom. The van der Waals surface area contributed by atoms with Crippen LogP contribution in [0.2, 0.25) is 0 Å². The SMILES string of the molecule is CC1(C(=O)Nc2ccc(NC(=O)CN3CCOCC3)cc2)CCCC1. The van der Waals surface area contributed by atoms with Crippen molar-refractivity contribution in [1.82, 2.24) is 4.90 Å². The molecule has 0 spiro atoms. The van der Waals surface area contributed by atoms with Gasteiger partial charge in [0.2, 0.25) is 11.8 Å². The number of ether oxygens (including phenoxy) is 1. The first-order valence-corrected chi connectivity index (χ1v) is 9.07. The molecule has 1 aliphatic heterocycles. The van der Waals surface area contributed by atoms with Crippen LogP contribution in [0.5, 0.6) is 0 Å². The maximum absolute atomic E-state index is 12.4. The summed E-state index contributed by atoms with van der Waals surface area (Å²) in [6, 6.07) is 7.31.